The standard InChI is InChI=1S/C47H34N2/c1-2-45-48-43-26-13-14-27-44(43)49(45)38-21-15-20-34(31-38)46-39-22-9-11-24-41(39)47(42-25-12-10-23-40(42)46)37-29-35(32-16-5-3-6-17-32)28-36(30-37)33-18-7-4-8-19-33/h3-31H,2H2,1H3/i1D3,2D2,3D,4D,5D,6D,7D,8D,16D,17D,18D,19D. The molecule has 1 aromatic heterocycles. The van der Waals surface area contributed by atoms with Gasteiger partial charge in [0.1, 0.15) is 5.82 Å². The molecule has 0 bridgehead atoms. The van der Waals surface area contributed by atoms with E-state index in [2.05, 4.69) is 4.98 Å². The van der Waals surface area contributed by atoms with E-state index in [0.717, 1.165) is 27.1 Å². The average Bonchev–Trinajstić information content (AvgIpc) is 3.68. The van der Waals surface area contributed by atoms with Gasteiger partial charge in [-0.1, -0.05) is 140 Å². The number of hydrogen-bond donors (Lipinski definition) is 0. The second kappa shape index (κ2) is 12.1. The molecule has 0 amide bonds. The summed E-state index contributed by atoms with van der Waals surface area (Å²) >= 11 is 0. The molecule has 2 nitrogen and oxygen atoms in total. The summed E-state index contributed by atoms with van der Waals surface area (Å²) in [5, 5.41) is 2.97. The van der Waals surface area contributed by atoms with Crippen LogP contribution >= 0.6 is 0 Å². The van der Waals surface area contributed by atoms with Crippen molar-refractivity contribution in [3.05, 3.63) is 182 Å². The lowest BCUT2D eigenvalue weighted by Gasteiger charge is -2.20. The molecule has 232 valence electrons. The van der Waals surface area contributed by atoms with Crippen LogP contribution in [0.3, 0.4) is 0 Å². The van der Waals surface area contributed by atoms with E-state index in [9.17, 15) is 0 Å². The van der Waals surface area contributed by atoms with Crippen LogP contribution in [0.5, 0.6) is 0 Å². The minimum Gasteiger partial charge on any atom is -0.296 e. The summed E-state index contributed by atoms with van der Waals surface area (Å²) in [4.78, 5) is 4.50. The Morgan fingerprint density at radius 1 is 0.531 bits per heavy atom. The third-order valence-corrected chi connectivity index (χ3v) is 8.80. The quantitative estimate of drug-likeness (QED) is 0.165. The number of nitrogens with zero attached hydrogens (tertiary/aromatic N) is 2. The van der Waals surface area contributed by atoms with Gasteiger partial charge in [0.05, 0.1) is 24.7 Å². The van der Waals surface area contributed by atoms with E-state index in [1.807, 2.05) is 66.7 Å². The van der Waals surface area contributed by atoms with E-state index >= 15 is 0 Å². The fraction of sp³-hybridized carbons (Fsp3) is 0.0426. The Balaban J connectivity index is 1.36. The number of para-hydroxylation sites is 2. The number of rotatable bonds is 6. The first kappa shape index (κ1) is 17.2. The SMILES string of the molecule is [2H]c1c([2H])c([2H])c(-c2cc(-c3c([2H])c([2H])c([2H])c([2H])c3[2H])cc(-c3c4ccccc4c(-c4cccc(-n5c(C([2H])([2H])C([2H])([2H])[2H])nc6ccccc65)c4)c4ccccc34)c2)c([2H])c1[2H]. The van der Waals surface area contributed by atoms with E-state index in [0.29, 0.717) is 33.4 Å². The van der Waals surface area contributed by atoms with Crippen LogP contribution in [-0.4, -0.2) is 9.55 Å². The van der Waals surface area contributed by atoms with Crippen molar-refractivity contribution in [2.24, 2.45) is 0 Å². The van der Waals surface area contributed by atoms with Gasteiger partial charge in [0.25, 0.3) is 0 Å². The Morgan fingerprint density at radius 3 is 1.65 bits per heavy atom. The molecule has 0 aliphatic carbocycles. The Morgan fingerprint density at radius 2 is 1.06 bits per heavy atom. The summed E-state index contributed by atoms with van der Waals surface area (Å²) in [5.41, 5.74) is 4.12. The van der Waals surface area contributed by atoms with Crippen molar-refractivity contribution in [1.29, 1.82) is 0 Å². The first-order valence-corrected chi connectivity index (χ1v) is 15.7. The van der Waals surface area contributed by atoms with Gasteiger partial charge in [-0.15, -0.1) is 0 Å². The zero-order chi connectivity index (χ0) is 45.7. The molecule has 0 N–H and O–H groups in total. The highest BCUT2D eigenvalue weighted by Gasteiger charge is 2.19. The molecule has 0 fully saturated rings. The van der Waals surface area contributed by atoms with Gasteiger partial charge in [0.15, 0.2) is 0 Å². The predicted octanol–water partition coefficient (Wildman–Crippen LogP) is 12.6. The minimum absolute atomic E-state index is 0.127. The largest absolute Gasteiger partial charge is 0.296 e. The fourth-order valence-electron chi connectivity index (χ4n) is 6.77. The number of aryl methyl sites for hydroxylation is 1. The number of benzene rings is 8. The van der Waals surface area contributed by atoms with Gasteiger partial charge in [-0.25, -0.2) is 4.98 Å². The highest BCUT2D eigenvalue weighted by molar-refractivity contribution is 6.21. The van der Waals surface area contributed by atoms with Crippen LogP contribution in [0.25, 0.3) is 82.8 Å². The van der Waals surface area contributed by atoms with Gasteiger partial charge in [0, 0.05) is 18.9 Å². The van der Waals surface area contributed by atoms with Gasteiger partial charge >= 0.3 is 0 Å². The van der Waals surface area contributed by atoms with Gasteiger partial charge in [-0.2, -0.15) is 0 Å². The van der Waals surface area contributed by atoms with Crippen LogP contribution in [0.15, 0.2) is 176 Å². The Bertz CT molecular complexity index is 3220. The zero-order valence-corrected chi connectivity index (χ0v) is 25.9. The van der Waals surface area contributed by atoms with Gasteiger partial charge in [-0.05, 0) is 109 Å². The van der Waals surface area contributed by atoms with Crippen LogP contribution in [0, 0.1) is 0 Å². The van der Waals surface area contributed by atoms with Crippen molar-refractivity contribution in [3.8, 4) is 50.2 Å². The van der Waals surface area contributed by atoms with Crippen LogP contribution < -0.4 is 0 Å². The van der Waals surface area contributed by atoms with E-state index in [1.165, 1.54) is 10.6 Å². The van der Waals surface area contributed by atoms with Crippen LogP contribution in [-0.2, 0) is 6.37 Å². The second-order valence-corrected chi connectivity index (χ2v) is 11.6. The maximum absolute atomic E-state index is 8.90. The molecule has 0 unspecified atom stereocenters. The maximum Gasteiger partial charge on any atom is 0.114 e. The molecule has 9 aromatic rings. The molecule has 0 saturated heterocycles. The summed E-state index contributed by atoms with van der Waals surface area (Å²) in [6, 6.07) is 29.1. The summed E-state index contributed by atoms with van der Waals surface area (Å²) in [5.74, 6) is -0.273. The third kappa shape index (κ3) is 5.01. The van der Waals surface area contributed by atoms with Crippen molar-refractivity contribution >= 4 is 32.6 Å². The molecule has 2 heteroatoms. The molecule has 1 heterocycles. The summed E-state index contributed by atoms with van der Waals surface area (Å²) < 4.78 is 129. The molecule has 0 saturated carbocycles. The topological polar surface area (TPSA) is 17.8 Å². The highest BCUT2D eigenvalue weighted by Crippen LogP contribution is 2.45. The Kier molecular flexibility index (Phi) is 4.25. The highest BCUT2D eigenvalue weighted by atomic mass is 15.1. The molecular formula is C47H34N2. The molecular weight excluding hydrogens is 593 g/mol. The predicted molar refractivity (Wildman–Crippen MR) is 207 cm³/mol. The number of fused-ring (bicyclic) bond motifs is 3. The molecule has 49 heavy (non-hydrogen) atoms. The van der Waals surface area contributed by atoms with Crippen LogP contribution in [0.2, 0.25) is 0 Å². The third-order valence-electron chi connectivity index (χ3n) is 8.80. The molecule has 0 aliphatic heterocycles. The van der Waals surface area contributed by atoms with Crippen LogP contribution in [0.1, 0.15) is 33.2 Å². The van der Waals surface area contributed by atoms with Crippen molar-refractivity contribution in [3.63, 3.8) is 0 Å². The molecule has 0 radical (unpaired) electrons. The second-order valence-electron chi connectivity index (χ2n) is 11.6. The first-order chi connectivity index (χ1) is 30.3. The van der Waals surface area contributed by atoms with E-state index in [4.69, 9.17) is 20.6 Å². The monoisotopic (exact) mass is 641 g/mol. The molecule has 8 aromatic carbocycles. The number of imidazole rings is 1. The fourth-order valence-corrected chi connectivity index (χ4v) is 6.77. The van der Waals surface area contributed by atoms with Gasteiger partial charge < -0.3 is 0 Å². The maximum atomic E-state index is 8.90. The summed E-state index contributed by atoms with van der Waals surface area (Å²) in [6.07, 6.45) is -2.82. The van der Waals surface area contributed by atoms with Crippen molar-refractivity contribution in [2.45, 2.75) is 13.2 Å². The lowest BCUT2D eigenvalue weighted by Crippen LogP contribution is -2.00. The number of hydrogen-bond acceptors (Lipinski definition) is 1. The molecule has 0 atom stereocenters. The molecule has 0 aliphatic rings. The van der Waals surface area contributed by atoms with Crippen molar-refractivity contribution in [2.75, 3.05) is 0 Å². The minimum atomic E-state index is -3.03. The normalized spacial score (nSPS) is 16.4. The van der Waals surface area contributed by atoms with Crippen molar-refractivity contribution in [1.82, 2.24) is 9.55 Å². The summed E-state index contributed by atoms with van der Waals surface area (Å²) in [7, 11) is 0. The zero-order valence-electron chi connectivity index (χ0n) is 40.9. The summed E-state index contributed by atoms with van der Waals surface area (Å²) in [6.45, 7) is -3.03. The first-order valence-electron chi connectivity index (χ1n) is 23.2. The number of aromatic nitrogens is 2. The Labute approximate surface area is 307 Å². The van der Waals surface area contributed by atoms with E-state index in [1.54, 1.807) is 42.5 Å². The smallest absolute Gasteiger partial charge is 0.114 e. The van der Waals surface area contributed by atoms with Crippen LogP contribution in [0.4, 0.5) is 0 Å². The lowest BCUT2D eigenvalue weighted by atomic mass is 9.84. The van der Waals surface area contributed by atoms with Crippen molar-refractivity contribution < 1.29 is 20.6 Å². The van der Waals surface area contributed by atoms with Gasteiger partial charge in [0.2, 0.25) is 0 Å². The lowest BCUT2D eigenvalue weighted by molar-refractivity contribution is 0.908. The van der Waals surface area contributed by atoms with E-state index in [-0.39, 0.29) is 28.1 Å². The molecule has 9 rings (SSSR count). The van der Waals surface area contributed by atoms with Gasteiger partial charge in [-0.3, -0.25) is 4.57 Å². The average molecular weight is 642 g/mol. The van der Waals surface area contributed by atoms with E-state index < -0.39 is 73.6 Å². The Hall–Kier alpha value is -6.25. The molecule has 0 spiro atoms.